The molecule has 0 atom stereocenters. The van der Waals surface area contributed by atoms with Crippen LogP contribution >= 0.6 is 0 Å². The molecule has 1 heterocycles. The lowest BCUT2D eigenvalue weighted by Gasteiger charge is -2.03. The summed E-state index contributed by atoms with van der Waals surface area (Å²) in [6, 6.07) is 5.47. The van der Waals surface area contributed by atoms with E-state index in [1.807, 2.05) is 12.1 Å². The molecule has 0 spiro atoms. The summed E-state index contributed by atoms with van der Waals surface area (Å²) in [5.41, 5.74) is 6.87. The molecule has 1 aromatic rings. The van der Waals surface area contributed by atoms with Crippen LogP contribution in [0.2, 0.25) is 0 Å². The van der Waals surface area contributed by atoms with Gasteiger partial charge in [0.25, 0.3) is 0 Å². The Morgan fingerprint density at radius 1 is 1.42 bits per heavy atom. The van der Waals surface area contributed by atoms with Crippen molar-refractivity contribution < 1.29 is 33.7 Å². The van der Waals surface area contributed by atoms with E-state index in [1.165, 1.54) is 6.08 Å². The lowest BCUT2D eigenvalue weighted by Crippen LogP contribution is -2.58. The first kappa shape index (κ1) is 15.5. The summed E-state index contributed by atoms with van der Waals surface area (Å²) in [7, 11) is -4.69. The Balaban J connectivity index is 0.000000312. The molecular formula is C11H13ClN2O5. The van der Waals surface area contributed by atoms with Crippen molar-refractivity contribution >= 4 is 11.5 Å². The molecule has 104 valence electrons. The van der Waals surface area contributed by atoms with Crippen LogP contribution in [-0.4, -0.2) is 15.4 Å². The standard InChI is InChI=1S/C11H12N2O.ClHO4/c12-9(7-11(14)8-4-5-8)10-3-1-2-6-13-10;2-1(3,4)5/h1-3,6-8H,4-5,12H2;(H,2,3,4,5)/b9-7+;. The number of aromatic nitrogens is 1. The Morgan fingerprint density at radius 3 is 2.42 bits per heavy atom. The van der Waals surface area contributed by atoms with E-state index in [4.69, 9.17) is 24.4 Å². The van der Waals surface area contributed by atoms with E-state index in [9.17, 15) is 4.79 Å². The second kappa shape index (κ2) is 6.60. The molecular weight excluding hydrogens is 276 g/mol. The average Bonchev–Trinajstić information content (AvgIpc) is 3.11. The van der Waals surface area contributed by atoms with Crippen LogP contribution in [0.4, 0.5) is 0 Å². The summed E-state index contributed by atoms with van der Waals surface area (Å²) in [5, 5.41) is 0. The number of rotatable bonds is 3. The third kappa shape index (κ3) is 7.50. The molecule has 8 heteroatoms. The summed E-state index contributed by atoms with van der Waals surface area (Å²) in [6.45, 7) is 0. The van der Waals surface area contributed by atoms with E-state index in [0.29, 0.717) is 11.4 Å². The first-order chi connectivity index (χ1) is 8.77. The fraction of sp³-hybridized carbons (Fsp3) is 0.273. The summed E-state index contributed by atoms with van der Waals surface area (Å²) < 4.78 is 32.7. The number of nitrogens with two attached hydrogens (primary N) is 1. The third-order valence-electron chi connectivity index (χ3n) is 2.24. The van der Waals surface area contributed by atoms with Gasteiger partial charge in [-0.3, -0.25) is 9.78 Å². The van der Waals surface area contributed by atoms with E-state index in [1.54, 1.807) is 12.3 Å². The van der Waals surface area contributed by atoms with Gasteiger partial charge < -0.3 is 5.73 Å². The SMILES string of the molecule is N/C(=C/C(=O)C1CC1)c1ccccn1.[O-][Cl+3]([O-])([O-])O. The van der Waals surface area contributed by atoms with Gasteiger partial charge in [-0.05, 0) is 25.0 Å². The highest BCUT2D eigenvalue weighted by atomic mass is 35.7. The largest absolute Gasteiger partial charge is 0.397 e. The number of allylic oxidation sites excluding steroid dienone is 1. The van der Waals surface area contributed by atoms with Crippen molar-refractivity contribution in [1.29, 1.82) is 0 Å². The number of carbonyl (C=O) groups is 1. The maximum Gasteiger partial charge on any atom is 0.160 e. The van der Waals surface area contributed by atoms with Gasteiger partial charge in [-0.1, -0.05) is 6.07 Å². The monoisotopic (exact) mass is 288 g/mol. The number of hydrogen-bond donors (Lipinski definition) is 2. The maximum atomic E-state index is 11.4. The minimum Gasteiger partial charge on any atom is -0.397 e. The van der Waals surface area contributed by atoms with Crippen LogP contribution in [0.15, 0.2) is 30.5 Å². The Morgan fingerprint density at radius 2 is 2.00 bits per heavy atom. The van der Waals surface area contributed by atoms with Crippen molar-refractivity contribution in [3.63, 3.8) is 0 Å². The number of hydrogen-bond acceptors (Lipinski definition) is 7. The quantitative estimate of drug-likeness (QED) is 0.573. The fourth-order valence-electron chi connectivity index (χ4n) is 1.25. The summed E-state index contributed by atoms with van der Waals surface area (Å²) >= 11 is 0. The van der Waals surface area contributed by atoms with E-state index in [2.05, 4.69) is 4.98 Å². The molecule has 0 radical (unpaired) electrons. The van der Waals surface area contributed by atoms with Crippen molar-refractivity contribution in [2.45, 2.75) is 12.8 Å². The van der Waals surface area contributed by atoms with Crippen LogP contribution in [0, 0.1) is 16.2 Å². The molecule has 1 aliphatic rings. The number of ketones is 1. The fourth-order valence-corrected chi connectivity index (χ4v) is 1.25. The third-order valence-corrected chi connectivity index (χ3v) is 2.24. The molecule has 0 aliphatic heterocycles. The highest BCUT2D eigenvalue weighted by Crippen LogP contribution is 2.30. The van der Waals surface area contributed by atoms with Crippen molar-refractivity contribution in [2.75, 3.05) is 0 Å². The smallest absolute Gasteiger partial charge is 0.160 e. The van der Waals surface area contributed by atoms with E-state index in [0.717, 1.165) is 12.8 Å². The number of halogens is 1. The van der Waals surface area contributed by atoms with Crippen molar-refractivity contribution in [3.05, 3.63) is 36.2 Å². The minimum absolute atomic E-state index is 0.133. The number of pyridine rings is 1. The van der Waals surface area contributed by atoms with Gasteiger partial charge in [0.05, 0.1) is 26.3 Å². The highest BCUT2D eigenvalue weighted by Gasteiger charge is 2.28. The van der Waals surface area contributed by atoms with Crippen LogP contribution in [0.5, 0.6) is 0 Å². The molecule has 1 fully saturated rings. The van der Waals surface area contributed by atoms with Gasteiger partial charge in [0.1, 0.15) is 0 Å². The molecule has 1 saturated carbocycles. The van der Waals surface area contributed by atoms with Crippen LogP contribution in [0.25, 0.3) is 5.70 Å². The Kier molecular flexibility index (Phi) is 5.40. The summed E-state index contributed by atoms with van der Waals surface area (Å²) in [5.74, 6) is 0.352. The van der Waals surface area contributed by atoms with Crippen molar-refractivity contribution in [3.8, 4) is 0 Å². The van der Waals surface area contributed by atoms with Crippen LogP contribution in [-0.2, 0) is 4.79 Å². The van der Waals surface area contributed by atoms with Gasteiger partial charge in [-0.2, -0.15) is 14.0 Å². The maximum absolute atomic E-state index is 11.4. The van der Waals surface area contributed by atoms with Gasteiger partial charge in [-0.25, -0.2) is 0 Å². The zero-order valence-electron chi connectivity index (χ0n) is 9.86. The zero-order chi connectivity index (χ0) is 14.5. The predicted molar refractivity (Wildman–Crippen MR) is 56.4 cm³/mol. The Labute approximate surface area is 111 Å². The lowest BCUT2D eigenvalue weighted by atomic mass is 10.2. The van der Waals surface area contributed by atoms with Gasteiger partial charge in [0.2, 0.25) is 0 Å². The first-order valence-electron chi connectivity index (χ1n) is 5.33. The van der Waals surface area contributed by atoms with Crippen molar-refractivity contribution in [1.82, 2.24) is 4.98 Å². The molecule has 1 aliphatic carbocycles. The van der Waals surface area contributed by atoms with E-state index < -0.39 is 10.2 Å². The molecule has 0 bridgehead atoms. The van der Waals surface area contributed by atoms with E-state index >= 15 is 0 Å². The van der Waals surface area contributed by atoms with Gasteiger partial charge >= 0.3 is 0 Å². The highest BCUT2D eigenvalue weighted by molar-refractivity contribution is 5.98. The second-order valence-electron chi connectivity index (χ2n) is 3.89. The van der Waals surface area contributed by atoms with Crippen LogP contribution in [0.1, 0.15) is 18.5 Å². The van der Waals surface area contributed by atoms with E-state index in [-0.39, 0.29) is 11.7 Å². The molecule has 0 saturated heterocycles. The molecule has 0 unspecified atom stereocenters. The van der Waals surface area contributed by atoms with Gasteiger partial charge in [0.15, 0.2) is 5.78 Å². The molecule has 19 heavy (non-hydrogen) atoms. The molecule has 0 aromatic carbocycles. The second-order valence-corrected chi connectivity index (χ2v) is 4.68. The first-order valence-corrected chi connectivity index (χ1v) is 6.59. The lowest BCUT2D eigenvalue weighted by molar-refractivity contribution is -1.92. The van der Waals surface area contributed by atoms with Crippen LogP contribution < -0.4 is 19.7 Å². The van der Waals surface area contributed by atoms with Gasteiger partial charge in [-0.15, -0.1) is 0 Å². The average molecular weight is 289 g/mol. The molecule has 7 nitrogen and oxygen atoms in total. The summed E-state index contributed by atoms with van der Waals surface area (Å²) in [4.78, 5) is 15.5. The zero-order valence-corrected chi connectivity index (χ0v) is 10.6. The number of nitrogens with zero attached hydrogens (tertiary/aromatic N) is 1. The Bertz CT molecular complexity index is 448. The molecule has 0 amide bonds. The summed E-state index contributed by atoms with van der Waals surface area (Å²) in [6.07, 6.45) is 5.17. The molecule has 1 aromatic heterocycles. The topological polar surface area (TPSA) is 145 Å². The molecule has 2 rings (SSSR count). The Hall–Kier alpha value is -1.51. The van der Waals surface area contributed by atoms with Crippen LogP contribution in [0.3, 0.4) is 0 Å². The number of carbonyl (C=O) groups excluding carboxylic acids is 1. The predicted octanol–water partition coefficient (Wildman–Crippen LogP) is -2.76. The van der Waals surface area contributed by atoms with Crippen molar-refractivity contribution in [2.24, 2.45) is 11.7 Å². The molecule has 3 N–H and O–H groups in total. The van der Waals surface area contributed by atoms with Gasteiger partial charge in [0, 0.05) is 18.2 Å². The minimum atomic E-state index is -4.69. The normalized spacial score (nSPS) is 15.5.